The summed E-state index contributed by atoms with van der Waals surface area (Å²) < 4.78 is 0. The van der Waals surface area contributed by atoms with Crippen LogP contribution in [0.25, 0.3) is 0 Å². The fourth-order valence-corrected chi connectivity index (χ4v) is 3.40. The Hall–Kier alpha value is -1.49. The molecule has 1 atom stereocenters. The molecule has 1 unspecified atom stereocenters. The Labute approximate surface area is 132 Å². The van der Waals surface area contributed by atoms with Crippen LogP contribution in [-0.2, 0) is 24.3 Å². The number of carbonyl (C=O) groups excluding carboxylic acids is 1. The van der Waals surface area contributed by atoms with E-state index in [1.54, 1.807) is 0 Å². The zero-order chi connectivity index (χ0) is 15.5. The van der Waals surface area contributed by atoms with E-state index in [0.29, 0.717) is 25.6 Å². The van der Waals surface area contributed by atoms with Gasteiger partial charge in [0.05, 0.1) is 12.2 Å². The second-order valence-electron chi connectivity index (χ2n) is 6.49. The zero-order valence-electron chi connectivity index (χ0n) is 13.7. The largest absolute Gasteiger partial charge is 0.332 e. The summed E-state index contributed by atoms with van der Waals surface area (Å²) in [5, 5.41) is 0. The van der Waals surface area contributed by atoms with Crippen molar-refractivity contribution in [1.29, 1.82) is 0 Å². The number of hydrogen-bond acceptors (Lipinski definition) is 4. The van der Waals surface area contributed by atoms with Gasteiger partial charge in [0, 0.05) is 37.2 Å². The van der Waals surface area contributed by atoms with Crippen LogP contribution in [0.15, 0.2) is 6.20 Å². The molecule has 3 rings (SSSR count). The Balaban J connectivity index is 1.51. The van der Waals surface area contributed by atoms with E-state index in [1.165, 1.54) is 25.9 Å². The molecule has 120 valence electrons. The maximum Gasteiger partial charge on any atom is 0.223 e. The van der Waals surface area contributed by atoms with Crippen LogP contribution >= 0.6 is 0 Å². The lowest BCUT2D eigenvalue weighted by molar-refractivity contribution is -0.132. The van der Waals surface area contributed by atoms with Crippen molar-refractivity contribution in [3.05, 3.63) is 23.3 Å². The Morgan fingerprint density at radius 3 is 2.82 bits per heavy atom. The molecular formula is C17H26N4O. The maximum absolute atomic E-state index is 12.4. The van der Waals surface area contributed by atoms with Crippen molar-refractivity contribution >= 4 is 5.91 Å². The van der Waals surface area contributed by atoms with Crippen LogP contribution in [-0.4, -0.2) is 44.8 Å². The van der Waals surface area contributed by atoms with Crippen LogP contribution in [0.5, 0.6) is 0 Å². The van der Waals surface area contributed by atoms with Gasteiger partial charge in [0.1, 0.15) is 5.82 Å². The molecule has 1 fully saturated rings. The van der Waals surface area contributed by atoms with Gasteiger partial charge in [-0.25, -0.2) is 9.97 Å². The molecule has 0 aromatic carbocycles. The molecule has 2 aliphatic heterocycles. The highest BCUT2D eigenvalue weighted by molar-refractivity contribution is 5.76. The standard InChI is InChI=1S/C17H26N4O/c1-3-16-18-10-14-11-21(12-15(14)19-16)17(22)7-6-13(2)20-8-4-5-9-20/h10,13H,3-9,11-12H2,1-2H3. The van der Waals surface area contributed by atoms with Crippen LogP contribution in [0.2, 0.25) is 0 Å². The third-order valence-corrected chi connectivity index (χ3v) is 4.91. The van der Waals surface area contributed by atoms with Gasteiger partial charge in [-0.2, -0.15) is 0 Å². The van der Waals surface area contributed by atoms with E-state index in [4.69, 9.17) is 0 Å². The summed E-state index contributed by atoms with van der Waals surface area (Å²) in [4.78, 5) is 25.8. The highest BCUT2D eigenvalue weighted by Gasteiger charge is 2.26. The van der Waals surface area contributed by atoms with Crippen molar-refractivity contribution in [3.8, 4) is 0 Å². The van der Waals surface area contributed by atoms with Crippen molar-refractivity contribution < 1.29 is 4.79 Å². The Kier molecular flexibility index (Phi) is 4.71. The van der Waals surface area contributed by atoms with Gasteiger partial charge in [-0.3, -0.25) is 4.79 Å². The van der Waals surface area contributed by atoms with Crippen molar-refractivity contribution in [2.75, 3.05) is 13.1 Å². The number of nitrogens with zero attached hydrogens (tertiary/aromatic N) is 4. The lowest BCUT2D eigenvalue weighted by Crippen LogP contribution is -2.32. The summed E-state index contributed by atoms with van der Waals surface area (Å²) in [5.74, 6) is 1.12. The highest BCUT2D eigenvalue weighted by Crippen LogP contribution is 2.22. The molecule has 5 nitrogen and oxygen atoms in total. The third kappa shape index (κ3) is 3.29. The van der Waals surface area contributed by atoms with E-state index >= 15 is 0 Å². The number of fused-ring (bicyclic) bond motifs is 1. The second-order valence-corrected chi connectivity index (χ2v) is 6.49. The number of aryl methyl sites for hydroxylation is 1. The van der Waals surface area contributed by atoms with Gasteiger partial charge < -0.3 is 9.80 Å². The van der Waals surface area contributed by atoms with E-state index in [1.807, 2.05) is 11.1 Å². The Bertz CT molecular complexity index is 539. The molecule has 1 saturated heterocycles. The molecule has 0 aliphatic carbocycles. The summed E-state index contributed by atoms with van der Waals surface area (Å²) >= 11 is 0. The average molecular weight is 302 g/mol. The van der Waals surface area contributed by atoms with E-state index in [-0.39, 0.29) is 5.91 Å². The quantitative estimate of drug-likeness (QED) is 0.836. The number of amides is 1. The molecule has 22 heavy (non-hydrogen) atoms. The van der Waals surface area contributed by atoms with Crippen molar-refractivity contribution in [2.24, 2.45) is 0 Å². The van der Waals surface area contributed by atoms with Crippen molar-refractivity contribution in [3.63, 3.8) is 0 Å². The lowest BCUT2D eigenvalue weighted by atomic mass is 10.1. The minimum absolute atomic E-state index is 0.252. The Morgan fingerprint density at radius 2 is 2.09 bits per heavy atom. The monoisotopic (exact) mass is 302 g/mol. The van der Waals surface area contributed by atoms with Gasteiger partial charge in [-0.1, -0.05) is 6.92 Å². The average Bonchev–Trinajstić information content (AvgIpc) is 3.20. The fraction of sp³-hybridized carbons (Fsp3) is 0.706. The van der Waals surface area contributed by atoms with Crippen LogP contribution < -0.4 is 0 Å². The summed E-state index contributed by atoms with van der Waals surface area (Å²) in [7, 11) is 0. The first kappa shape index (κ1) is 15.4. The number of rotatable bonds is 5. The lowest BCUT2D eigenvalue weighted by Gasteiger charge is -2.24. The molecule has 1 aromatic rings. The van der Waals surface area contributed by atoms with Gasteiger partial charge in [0.2, 0.25) is 5.91 Å². The maximum atomic E-state index is 12.4. The van der Waals surface area contributed by atoms with Crippen LogP contribution in [0.4, 0.5) is 0 Å². The number of hydrogen-bond donors (Lipinski definition) is 0. The fourth-order valence-electron chi connectivity index (χ4n) is 3.40. The molecule has 0 saturated carbocycles. The predicted octanol–water partition coefficient (Wildman–Crippen LogP) is 2.15. The molecule has 0 radical (unpaired) electrons. The molecular weight excluding hydrogens is 276 g/mol. The van der Waals surface area contributed by atoms with Crippen LogP contribution in [0, 0.1) is 0 Å². The first-order chi connectivity index (χ1) is 10.7. The molecule has 5 heteroatoms. The topological polar surface area (TPSA) is 49.3 Å². The van der Waals surface area contributed by atoms with E-state index < -0.39 is 0 Å². The van der Waals surface area contributed by atoms with Gasteiger partial charge in [0.25, 0.3) is 0 Å². The van der Waals surface area contributed by atoms with Gasteiger partial charge in [-0.15, -0.1) is 0 Å². The Morgan fingerprint density at radius 1 is 1.32 bits per heavy atom. The summed E-state index contributed by atoms with van der Waals surface area (Å²) in [6.45, 7) is 8.02. The molecule has 1 amide bonds. The predicted molar refractivity (Wildman–Crippen MR) is 85.2 cm³/mol. The van der Waals surface area contributed by atoms with E-state index in [2.05, 4.69) is 28.7 Å². The first-order valence-electron chi connectivity index (χ1n) is 8.53. The molecule has 0 bridgehead atoms. The van der Waals surface area contributed by atoms with Crippen molar-refractivity contribution in [1.82, 2.24) is 19.8 Å². The third-order valence-electron chi connectivity index (χ3n) is 4.91. The molecule has 0 N–H and O–H groups in total. The number of carbonyl (C=O) groups is 1. The minimum Gasteiger partial charge on any atom is -0.332 e. The summed E-state index contributed by atoms with van der Waals surface area (Å²) in [6, 6.07) is 0.517. The zero-order valence-corrected chi connectivity index (χ0v) is 13.7. The molecule has 2 aliphatic rings. The second kappa shape index (κ2) is 6.73. The minimum atomic E-state index is 0.252. The summed E-state index contributed by atoms with van der Waals surface area (Å²) in [5.41, 5.74) is 2.14. The first-order valence-corrected chi connectivity index (χ1v) is 8.53. The van der Waals surface area contributed by atoms with Crippen molar-refractivity contribution in [2.45, 2.75) is 65.1 Å². The molecule has 3 heterocycles. The highest BCUT2D eigenvalue weighted by atomic mass is 16.2. The van der Waals surface area contributed by atoms with Gasteiger partial charge >= 0.3 is 0 Å². The number of aromatic nitrogens is 2. The van der Waals surface area contributed by atoms with Gasteiger partial charge in [-0.05, 0) is 39.3 Å². The van der Waals surface area contributed by atoms with E-state index in [9.17, 15) is 4.79 Å². The SMILES string of the molecule is CCc1ncc2c(n1)CN(C(=O)CCC(C)N1CCCC1)C2. The normalized spacial score (nSPS) is 19.5. The van der Waals surface area contributed by atoms with Gasteiger partial charge in [0.15, 0.2) is 0 Å². The van der Waals surface area contributed by atoms with E-state index in [0.717, 1.165) is 29.9 Å². The molecule has 0 spiro atoms. The smallest absolute Gasteiger partial charge is 0.223 e. The molecule has 1 aromatic heterocycles. The van der Waals surface area contributed by atoms with Crippen LogP contribution in [0.3, 0.4) is 0 Å². The number of likely N-dealkylation sites (tertiary alicyclic amines) is 1. The van der Waals surface area contributed by atoms with Crippen LogP contribution in [0.1, 0.15) is 56.6 Å². The summed E-state index contributed by atoms with van der Waals surface area (Å²) in [6.07, 6.45) is 6.93.